The number of methoxy groups -OCH3 is 1. The topological polar surface area (TPSA) is 122 Å². The third-order valence-corrected chi connectivity index (χ3v) is 12.2. The first kappa shape index (κ1) is 32.4. The lowest BCUT2D eigenvalue weighted by atomic mass is 9.77. The van der Waals surface area contributed by atoms with E-state index in [-0.39, 0.29) is 29.1 Å². The van der Waals surface area contributed by atoms with Gasteiger partial charge in [-0.3, -0.25) is 19.5 Å². The molecule has 1 N–H and O–H groups in total. The van der Waals surface area contributed by atoms with Crippen molar-refractivity contribution < 1.29 is 23.8 Å². The van der Waals surface area contributed by atoms with Gasteiger partial charge in [-0.15, -0.1) is 0 Å². The molecule has 10 heteroatoms. The molecule has 4 heterocycles. The summed E-state index contributed by atoms with van der Waals surface area (Å²) in [7, 11) is 1.68. The Morgan fingerprint density at radius 2 is 1.76 bits per heavy atom. The van der Waals surface area contributed by atoms with E-state index >= 15 is 0 Å². The summed E-state index contributed by atoms with van der Waals surface area (Å²) in [5.74, 6) is 3.78. The number of hydrogen-bond donors (Lipinski definition) is 1. The Morgan fingerprint density at radius 1 is 1.02 bits per heavy atom. The van der Waals surface area contributed by atoms with Gasteiger partial charge in [0.2, 0.25) is 11.8 Å². The Labute approximate surface area is 288 Å². The van der Waals surface area contributed by atoms with Crippen LogP contribution in [-0.4, -0.2) is 69.1 Å². The van der Waals surface area contributed by atoms with Crippen LogP contribution in [0.1, 0.15) is 107 Å². The molecule has 8 rings (SSSR count). The van der Waals surface area contributed by atoms with Crippen LogP contribution in [0, 0.1) is 30.1 Å². The zero-order chi connectivity index (χ0) is 33.9. The average Bonchev–Trinajstić information content (AvgIpc) is 4.02. The van der Waals surface area contributed by atoms with Crippen LogP contribution in [0.2, 0.25) is 0 Å². The van der Waals surface area contributed by atoms with Crippen molar-refractivity contribution in [2.24, 2.45) is 23.2 Å². The highest BCUT2D eigenvalue weighted by atomic mass is 16.5. The first-order valence-corrected chi connectivity index (χ1v) is 18.4. The Hall–Kier alpha value is -3.79. The quantitative estimate of drug-likeness (QED) is 0.277. The fourth-order valence-corrected chi connectivity index (χ4v) is 8.93. The van der Waals surface area contributed by atoms with Gasteiger partial charge in [-0.1, -0.05) is 0 Å². The summed E-state index contributed by atoms with van der Waals surface area (Å²) >= 11 is 0. The molecule has 0 aromatic carbocycles. The van der Waals surface area contributed by atoms with Crippen molar-refractivity contribution in [2.75, 3.05) is 31.6 Å². The van der Waals surface area contributed by atoms with Crippen molar-refractivity contribution >= 4 is 17.6 Å². The highest BCUT2D eigenvalue weighted by Crippen LogP contribution is 2.63. The second-order valence-corrected chi connectivity index (χ2v) is 16.0. The lowest BCUT2D eigenvalue weighted by molar-refractivity contribution is -0.154. The van der Waals surface area contributed by atoms with E-state index in [1.165, 1.54) is 0 Å². The number of likely N-dealkylation sites (tertiary alicyclic amines) is 1. The number of aryl methyl sites for hydroxylation is 1. The summed E-state index contributed by atoms with van der Waals surface area (Å²) in [4.78, 5) is 45.8. The molecule has 5 fully saturated rings. The van der Waals surface area contributed by atoms with Crippen molar-refractivity contribution in [1.82, 2.24) is 19.9 Å². The summed E-state index contributed by atoms with van der Waals surface area (Å²) in [6, 6.07) is 8.07. The largest absolute Gasteiger partial charge is 0.495 e. The van der Waals surface area contributed by atoms with E-state index in [9.17, 15) is 14.7 Å². The molecular formula is C39H49N5O5. The lowest BCUT2D eigenvalue weighted by Gasteiger charge is -2.44. The van der Waals surface area contributed by atoms with Gasteiger partial charge < -0.3 is 19.2 Å². The predicted molar refractivity (Wildman–Crippen MR) is 184 cm³/mol. The molecule has 1 aliphatic heterocycles. The normalized spacial score (nSPS) is 28.9. The van der Waals surface area contributed by atoms with Crippen molar-refractivity contribution in [2.45, 2.75) is 102 Å². The fraction of sp³-hybridized carbons (Fsp3) is 0.615. The van der Waals surface area contributed by atoms with Crippen LogP contribution in [0.5, 0.6) is 5.75 Å². The number of pyridine rings is 2. The zero-order valence-electron chi connectivity index (χ0n) is 29.1. The van der Waals surface area contributed by atoms with Gasteiger partial charge in [0.15, 0.2) is 5.89 Å². The summed E-state index contributed by atoms with van der Waals surface area (Å²) in [6.45, 7) is 5.27. The van der Waals surface area contributed by atoms with Crippen LogP contribution >= 0.6 is 0 Å². The number of rotatable bonds is 9. The van der Waals surface area contributed by atoms with Gasteiger partial charge in [0, 0.05) is 47.7 Å². The molecule has 1 saturated heterocycles. The molecule has 4 saturated carbocycles. The van der Waals surface area contributed by atoms with Crippen LogP contribution in [0.25, 0.3) is 11.3 Å². The molecule has 1 atom stereocenters. The Bertz CT molecular complexity index is 1710. The Morgan fingerprint density at radius 3 is 2.43 bits per heavy atom. The minimum Gasteiger partial charge on any atom is -0.495 e. The molecule has 4 aliphatic carbocycles. The fourth-order valence-electron chi connectivity index (χ4n) is 8.93. The second-order valence-electron chi connectivity index (χ2n) is 16.0. The predicted octanol–water partition coefficient (Wildman–Crippen LogP) is 6.42. The Balaban J connectivity index is 0.965. The number of aliphatic hydroxyl groups is 1. The maximum atomic E-state index is 14.5. The lowest BCUT2D eigenvalue weighted by Crippen LogP contribution is -2.62. The number of β-amino-alcohol motifs (C(OH)–C–C–N with tert-alkyl or cyclic N) is 1. The molecule has 10 nitrogen and oxygen atoms in total. The van der Waals surface area contributed by atoms with Gasteiger partial charge in [0.1, 0.15) is 23.5 Å². The number of carbonyl (C=O) groups is 2. The molecule has 5 aliphatic rings. The molecule has 0 bridgehead atoms. The highest BCUT2D eigenvalue weighted by molar-refractivity contribution is 5.95. The molecule has 1 spiro atoms. The number of ether oxygens (including phenoxy) is 1. The van der Waals surface area contributed by atoms with Gasteiger partial charge in [-0.2, -0.15) is 0 Å². The number of aromatic nitrogens is 3. The maximum absolute atomic E-state index is 14.5. The maximum Gasteiger partial charge on any atom is 0.231 e. The van der Waals surface area contributed by atoms with Crippen LogP contribution in [-0.2, 0) is 9.59 Å². The molecule has 2 amide bonds. The van der Waals surface area contributed by atoms with Crippen molar-refractivity contribution in [3.63, 3.8) is 0 Å². The van der Waals surface area contributed by atoms with E-state index in [0.29, 0.717) is 43.2 Å². The third-order valence-electron chi connectivity index (χ3n) is 12.2. The minimum atomic E-state index is -0.755. The standard InChI is InChI=1S/C39H49N5O5/c1-24-33(48-3)11-10-31(41-24)26-6-4-25(5-7-26)20-44(34-18-29(14-17-40-34)32-21-49-35(42-32)27-8-9-27)36(45)28-12-15-39(16-13-28)19-30(39)37(46)43-22-38(2,47)23-43/h10-11,14,17-18,21,25-28,30,47H,4-9,12-13,15-16,19-20,22-23H2,1-3H3. The first-order valence-electron chi connectivity index (χ1n) is 18.4. The highest BCUT2D eigenvalue weighted by Gasteiger charge is 2.61. The van der Waals surface area contributed by atoms with E-state index in [0.717, 1.165) is 105 Å². The van der Waals surface area contributed by atoms with Gasteiger partial charge >= 0.3 is 0 Å². The van der Waals surface area contributed by atoms with Crippen LogP contribution in [0.4, 0.5) is 5.82 Å². The van der Waals surface area contributed by atoms with Gasteiger partial charge in [-0.05, 0) is 120 Å². The second kappa shape index (κ2) is 12.5. The summed E-state index contributed by atoms with van der Waals surface area (Å²) < 4.78 is 11.2. The monoisotopic (exact) mass is 667 g/mol. The van der Waals surface area contributed by atoms with Crippen molar-refractivity contribution in [3.05, 3.63) is 54.0 Å². The summed E-state index contributed by atoms with van der Waals surface area (Å²) in [5.41, 5.74) is 3.02. The smallest absolute Gasteiger partial charge is 0.231 e. The van der Waals surface area contributed by atoms with Crippen LogP contribution < -0.4 is 9.64 Å². The number of hydrogen-bond acceptors (Lipinski definition) is 8. The molecule has 3 aromatic heterocycles. The van der Waals surface area contributed by atoms with E-state index < -0.39 is 5.60 Å². The summed E-state index contributed by atoms with van der Waals surface area (Å²) in [6.07, 6.45) is 14.2. The minimum absolute atomic E-state index is 0.0246. The molecular weight excluding hydrogens is 618 g/mol. The number of nitrogens with zero attached hydrogens (tertiary/aromatic N) is 5. The third kappa shape index (κ3) is 6.48. The van der Waals surface area contributed by atoms with Crippen molar-refractivity contribution in [3.8, 4) is 17.0 Å². The average molecular weight is 668 g/mol. The van der Waals surface area contributed by atoms with Gasteiger partial charge in [0.05, 0.1) is 31.5 Å². The van der Waals surface area contributed by atoms with Gasteiger partial charge in [-0.25, -0.2) is 9.97 Å². The van der Waals surface area contributed by atoms with E-state index in [4.69, 9.17) is 24.1 Å². The van der Waals surface area contributed by atoms with Gasteiger partial charge in [0.25, 0.3) is 0 Å². The number of anilines is 1. The van der Waals surface area contributed by atoms with E-state index in [2.05, 4.69) is 6.07 Å². The SMILES string of the molecule is COc1ccc(C2CCC(CN(C(=O)C3CCC4(CC3)CC4C(=O)N3CC(C)(O)C3)c3cc(-c4coc(C5CC5)n4)ccn3)CC2)nc1C. The van der Waals surface area contributed by atoms with Crippen LogP contribution in [0.3, 0.4) is 0 Å². The first-order chi connectivity index (χ1) is 23.6. The molecule has 0 radical (unpaired) electrons. The number of amides is 2. The Kier molecular flexibility index (Phi) is 8.28. The molecule has 1 unspecified atom stereocenters. The molecule has 260 valence electrons. The van der Waals surface area contributed by atoms with Crippen LogP contribution in [0.15, 0.2) is 41.1 Å². The molecule has 3 aromatic rings. The van der Waals surface area contributed by atoms with E-state index in [1.807, 2.05) is 30.0 Å². The summed E-state index contributed by atoms with van der Waals surface area (Å²) in [5, 5.41) is 10.1. The van der Waals surface area contributed by atoms with E-state index in [1.54, 1.807) is 31.4 Å². The number of oxazole rings is 1. The number of carbonyl (C=O) groups excluding carboxylic acids is 2. The molecule has 49 heavy (non-hydrogen) atoms. The van der Waals surface area contributed by atoms with Crippen molar-refractivity contribution in [1.29, 1.82) is 0 Å². The zero-order valence-corrected chi connectivity index (χ0v) is 29.1.